The summed E-state index contributed by atoms with van der Waals surface area (Å²) in [6.07, 6.45) is 10.2. The summed E-state index contributed by atoms with van der Waals surface area (Å²) in [5, 5.41) is 4.62. The van der Waals surface area contributed by atoms with Gasteiger partial charge in [0.2, 0.25) is 0 Å². The van der Waals surface area contributed by atoms with E-state index in [-0.39, 0.29) is 0 Å². The number of hydrogen-bond acceptors (Lipinski definition) is 2. The lowest BCUT2D eigenvalue weighted by Gasteiger charge is -2.22. The minimum Gasteiger partial charge on any atom is -0.327 e. The monoisotopic (exact) mass is 263 g/mol. The molecule has 2 rings (SSSR count). The Morgan fingerprint density at radius 1 is 1.26 bits per heavy atom. The maximum atomic E-state index is 6.48. The second-order valence-electron chi connectivity index (χ2n) is 5.92. The van der Waals surface area contributed by atoms with Crippen molar-refractivity contribution in [2.24, 2.45) is 11.7 Å². The SMILES string of the molecule is CCc1cc(CC(N)C2CCCCCC2)n(CC)n1. The van der Waals surface area contributed by atoms with Crippen molar-refractivity contribution < 1.29 is 0 Å². The summed E-state index contributed by atoms with van der Waals surface area (Å²) in [6, 6.07) is 2.56. The number of nitrogens with zero attached hydrogens (tertiary/aromatic N) is 2. The van der Waals surface area contributed by atoms with Crippen molar-refractivity contribution in [2.45, 2.75) is 77.8 Å². The van der Waals surface area contributed by atoms with Crippen LogP contribution in [0.4, 0.5) is 0 Å². The minimum atomic E-state index is 0.310. The van der Waals surface area contributed by atoms with E-state index < -0.39 is 0 Å². The first kappa shape index (κ1) is 14.6. The Labute approximate surface area is 117 Å². The fourth-order valence-corrected chi connectivity index (χ4v) is 3.27. The smallest absolute Gasteiger partial charge is 0.0624 e. The Hall–Kier alpha value is -0.830. The average molecular weight is 263 g/mol. The molecule has 0 amide bonds. The van der Waals surface area contributed by atoms with Gasteiger partial charge in [0.1, 0.15) is 0 Å². The molecule has 1 heterocycles. The third-order valence-electron chi connectivity index (χ3n) is 4.53. The van der Waals surface area contributed by atoms with Gasteiger partial charge in [-0.2, -0.15) is 5.10 Å². The standard InChI is InChI=1S/C16H29N3/c1-3-14-11-15(19(4-2)18-14)12-16(17)13-9-7-5-6-8-10-13/h11,13,16H,3-10,12,17H2,1-2H3. The molecule has 0 radical (unpaired) electrons. The number of aromatic nitrogens is 2. The molecule has 1 aromatic rings. The zero-order valence-electron chi connectivity index (χ0n) is 12.6. The zero-order valence-corrected chi connectivity index (χ0v) is 12.6. The molecule has 1 aliphatic carbocycles. The molecule has 0 aliphatic heterocycles. The van der Waals surface area contributed by atoms with E-state index in [9.17, 15) is 0 Å². The summed E-state index contributed by atoms with van der Waals surface area (Å²) in [6.45, 7) is 5.27. The van der Waals surface area contributed by atoms with E-state index in [1.807, 2.05) is 0 Å². The van der Waals surface area contributed by atoms with E-state index in [4.69, 9.17) is 5.73 Å². The second-order valence-corrected chi connectivity index (χ2v) is 5.92. The van der Waals surface area contributed by atoms with Crippen molar-refractivity contribution in [1.29, 1.82) is 0 Å². The van der Waals surface area contributed by atoms with Gasteiger partial charge in [0, 0.05) is 24.7 Å². The van der Waals surface area contributed by atoms with Crippen LogP contribution in [0, 0.1) is 5.92 Å². The molecule has 0 aromatic carbocycles. The summed E-state index contributed by atoms with van der Waals surface area (Å²) in [4.78, 5) is 0. The van der Waals surface area contributed by atoms with Crippen molar-refractivity contribution in [3.05, 3.63) is 17.5 Å². The first-order valence-corrected chi connectivity index (χ1v) is 8.05. The van der Waals surface area contributed by atoms with Crippen LogP contribution in [0.5, 0.6) is 0 Å². The van der Waals surface area contributed by atoms with Crippen molar-refractivity contribution in [2.75, 3.05) is 0 Å². The van der Waals surface area contributed by atoms with E-state index >= 15 is 0 Å². The third-order valence-corrected chi connectivity index (χ3v) is 4.53. The summed E-state index contributed by atoms with van der Waals surface area (Å²) >= 11 is 0. The van der Waals surface area contributed by atoms with E-state index in [2.05, 4.69) is 29.7 Å². The molecule has 1 saturated carbocycles. The van der Waals surface area contributed by atoms with Gasteiger partial charge < -0.3 is 5.73 Å². The van der Waals surface area contributed by atoms with Gasteiger partial charge in [0.15, 0.2) is 0 Å². The molecule has 1 atom stereocenters. The van der Waals surface area contributed by atoms with Gasteiger partial charge in [-0.25, -0.2) is 0 Å². The second kappa shape index (κ2) is 7.09. The third kappa shape index (κ3) is 3.82. The maximum absolute atomic E-state index is 6.48. The van der Waals surface area contributed by atoms with Crippen LogP contribution in [0.1, 0.15) is 63.8 Å². The van der Waals surface area contributed by atoms with Crippen molar-refractivity contribution in [1.82, 2.24) is 9.78 Å². The molecule has 108 valence electrons. The van der Waals surface area contributed by atoms with Gasteiger partial charge >= 0.3 is 0 Å². The molecule has 1 fully saturated rings. The molecule has 3 heteroatoms. The Kier molecular flexibility index (Phi) is 5.44. The summed E-state index contributed by atoms with van der Waals surface area (Å²) in [7, 11) is 0. The molecule has 2 N–H and O–H groups in total. The first-order chi connectivity index (χ1) is 9.24. The Morgan fingerprint density at radius 3 is 2.53 bits per heavy atom. The minimum absolute atomic E-state index is 0.310. The predicted octanol–water partition coefficient (Wildman–Crippen LogP) is 3.31. The van der Waals surface area contributed by atoms with E-state index in [0.717, 1.165) is 19.4 Å². The van der Waals surface area contributed by atoms with Gasteiger partial charge in [-0.15, -0.1) is 0 Å². The van der Waals surface area contributed by atoms with Crippen LogP contribution in [0.3, 0.4) is 0 Å². The number of aryl methyl sites for hydroxylation is 2. The molecule has 0 saturated heterocycles. The lowest BCUT2D eigenvalue weighted by atomic mass is 9.89. The number of hydrogen-bond donors (Lipinski definition) is 1. The lowest BCUT2D eigenvalue weighted by molar-refractivity contribution is 0.366. The molecular weight excluding hydrogens is 234 g/mol. The molecule has 1 aromatic heterocycles. The van der Waals surface area contributed by atoms with Gasteiger partial charge in [-0.05, 0) is 38.2 Å². The summed E-state index contributed by atoms with van der Waals surface area (Å²) in [5.74, 6) is 0.716. The van der Waals surface area contributed by atoms with E-state index in [1.165, 1.54) is 49.9 Å². The fraction of sp³-hybridized carbons (Fsp3) is 0.812. The quantitative estimate of drug-likeness (QED) is 0.828. The molecule has 0 spiro atoms. The summed E-state index contributed by atoms with van der Waals surface area (Å²) in [5.41, 5.74) is 9.01. The molecule has 1 unspecified atom stereocenters. The average Bonchev–Trinajstić information content (AvgIpc) is 2.64. The highest BCUT2D eigenvalue weighted by Gasteiger charge is 2.21. The summed E-state index contributed by atoms with van der Waals surface area (Å²) < 4.78 is 2.13. The zero-order chi connectivity index (χ0) is 13.7. The van der Waals surface area contributed by atoms with Crippen LogP contribution in [0.2, 0.25) is 0 Å². The molecular formula is C16H29N3. The van der Waals surface area contributed by atoms with Gasteiger partial charge in [-0.1, -0.05) is 32.6 Å². The normalized spacial score (nSPS) is 19.3. The van der Waals surface area contributed by atoms with Crippen LogP contribution in [0.25, 0.3) is 0 Å². The topological polar surface area (TPSA) is 43.8 Å². The molecule has 1 aliphatic rings. The van der Waals surface area contributed by atoms with Crippen molar-refractivity contribution >= 4 is 0 Å². The van der Waals surface area contributed by atoms with E-state index in [0.29, 0.717) is 12.0 Å². The van der Waals surface area contributed by atoms with Crippen molar-refractivity contribution in [3.63, 3.8) is 0 Å². The number of nitrogens with two attached hydrogens (primary N) is 1. The predicted molar refractivity (Wildman–Crippen MR) is 80.2 cm³/mol. The van der Waals surface area contributed by atoms with Gasteiger partial charge in [0.05, 0.1) is 5.69 Å². The maximum Gasteiger partial charge on any atom is 0.0624 e. The van der Waals surface area contributed by atoms with Crippen LogP contribution in [-0.2, 0) is 19.4 Å². The highest BCUT2D eigenvalue weighted by molar-refractivity contribution is 5.12. The molecule has 19 heavy (non-hydrogen) atoms. The van der Waals surface area contributed by atoms with Crippen LogP contribution < -0.4 is 5.73 Å². The van der Waals surface area contributed by atoms with Gasteiger partial charge in [-0.3, -0.25) is 4.68 Å². The van der Waals surface area contributed by atoms with Gasteiger partial charge in [0.25, 0.3) is 0 Å². The highest BCUT2D eigenvalue weighted by atomic mass is 15.3. The largest absolute Gasteiger partial charge is 0.327 e. The van der Waals surface area contributed by atoms with E-state index in [1.54, 1.807) is 0 Å². The van der Waals surface area contributed by atoms with Crippen molar-refractivity contribution in [3.8, 4) is 0 Å². The fourth-order valence-electron chi connectivity index (χ4n) is 3.27. The highest BCUT2D eigenvalue weighted by Crippen LogP contribution is 2.26. The lowest BCUT2D eigenvalue weighted by Crippen LogP contribution is -2.33. The first-order valence-electron chi connectivity index (χ1n) is 8.05. The Balaban J connectivity index is 2.00. The number of rotatable bonds is 5. The molecule has 0 bridgehead atoms. The molecule has 3 nitrogen and oxygen atoms in total. The Morgan fingerprint density at radius 2 is 1.95 bits per heavy atom. The Bertz CT molecular complexity index is 375. The van der Waals surface area contributed by atoms with Crippen LogP contribution in [0.15, 0.2) is 6.07 Å². The van der Waals surface area contributed by atoms with Crippen LogP contribution in [-0.4, -0.2) is 15.8 Å². The van der Waals surface area contributed by atoms with Crippen LogP contribution >= 0.6 is 0 Å².